The first-order valence-corrected chi connectivity index (χ1v) is 11.4. The second-order valence-corrected chi connectivity index (χ2v) is 8.83. The first kappa shape index (κ1) is 24.8. The molecule has 0 radical (unpaired) electrons. The highest BCUT2D eigenvalue weighted by atomic mass is 32.2. The van der Waals surface area contributed by atoms with Gasteiger partial charge in [-0.2, -0.15) is 0 Å². The Morgan fingerprint density at radius 3 is 1.97 bits per heavy atom. The minimum atomic E-state index is -3.37. The summed E-state index contributed by atoms with van der Waals surface area (Å²) in [7, 11) is -0.780. The van der Waals surface area contributed by atoms with Gasteiger partial charge < -0.3 is 10.2 Å². The number of nitrogens with one attached hydrogen (secondary N) is 3. The molecular formula is C21H26N4O6S. The van der Waals surface area contributed by atoms with Gasteiger partial charge in [-0.25, -0.2) is 13.9 Å². The number of hydrogen-bond donors (Lipinski definition) is 4. The third-order valence-corrected chi connectivity index (χ3v) is 6.15. The standard InChI is InChI=1S/C21H26N4O6S/c1-4-13-32(30,31)24-17-11-9-15(10-12-17)14-5-7-16(8-6-14)21(28)25(3)18(19(26)22-2)20(27)23-29/h5-12,18,24,29H,4,13H2,1-3H3,(H,22,26)(H,23,27). The maximum absolute atomic E-state index is 12.7. The molecule has 172 valence electrons. The Morgan fingerprint density at radius 2 is 1.50 bits per heavy atom. The van der Waals surface area contributed by atoms with Crippen LogP contribution in [-0.2, 0) is 19.6 Å². The Labute approximate surface area is 186 Å². The Morgan fingerprint density at radius 1 is 0.969 bits per heavy atom. The number of sulfonamides is 1. The zero-order valence-corrected chi connectivity index (χ0v) is 18.8. The molecule has 0 bridgehead atoms. The smallest absolute Gasteiger partial charge is 0.275 e. The van der Waals surface area contributed by atoms with E-state index >= 15 is 0 Å². The van der Waals surface area contributed by atoms with E-state index in [0.717, 1.165) is 16.0 Å². The molecule has 10 nitrogen and oxygen atoms in total. The molecule has 0 saturated heterocycles. The van der Waals surface area contributed by atoms with Crippen molar-refractivity contribution in [2.75, 3.05) is 24.6 Å². The number of amides is 3. The van der Waals surface area contributed by atoms with Gasteiger partial charge in [0.2, 0.25) is 10.0 Å². The molecule has 2 rings (SSSR count). The Kier molecular flexibility index (Phi) is 8.33. The second-order valence-electron chi connectivity index (χ2n) is 6.98. The number of anilines is 1. The van der Waals surface area contributed by atoms with E-state index in [1.807, 2.05) is 0 Å². The number of nitrogens with zero attached hydrogens (tertiary/aromatic N) is 1. The van der Waals surface area contributed by atoms with Gasteiger partial charge in [0, 0.05) is 25.3 Å². The fourth-order valence-electron chi connectivity index (χ4n) is 3.02. The van der Waals surface area contributed by atoms with Gasteiger partial charge >= 0.3 is 0 Å². The molecule has 0 heterocycles. The highest BCUT2D eigenvalue weighted by Crippen LogP contribution is 2.23. The zero-order chi connectivity index (χ0) is 23.9. The normalized spacial score (nSPS) is 11.9. The van der Waals surface area contributed by atoms with E-state index in [1.165, 1.54) is 19.6 Å². The van der Waals surface area contributed by atoms with Gasteiger partial charge in [0.25, 0.3) is 17.7 Å². The largest absolute Gasteiger partial charge is 0.357 e. The van der Waals surface area contributed by atoms with Crippen LogP contribution < -0.4 is 15.5 Å². The minimum Gasteiger partial charge on any atom is -0.357 e. The van der Waals surface area contributed by atoms with Gasteiger partial charge in [-0.1, -0.05) is 31.2 Å². The molecule has 4 N–H and O–H groups in total. The lowest BCUT2D eigenvalue weighted by Crippen LogP contribution is -2.54. The number of hydrogen-bond acceptors (Lipinski definition) is 6. The molecule has 2 aromatic rings. The van der Waals surface area contributed by atoms with Crippen LogP contribution in [0.3, 0.4) is 0 Å². The fourth-order valence-corrected chi connectivity index (χ4v) is 4.16. The van der Waals surface area contributed by atoms with Crippen LogP contribution in [0.5, 0.6) is 0 Å². The SMILES string of the molecule is CCCS(=O)(=O)Nc1ccc(-c2ccc(C(=O)N(C)C(C(=O)NC)C(=O)NO)cc2)cc1. The molecule has 0 aliphatic heterocycles. The number of carbonyl (C=O) groups excluding carboxylic acids is 3. The highest BCUT2D eigenvalue weighted by molar-refractivity contribution is 7.92. The minimum absolute atomic E-state index is 0.0411. The molecule has 1 unspecified atom stereocenters. The summed E-state index contributed by atoms with van der Waals surface area (Å²) in [6, 6.07) is 11.7. The van der Waals surface area contributed by atoms with Gasteiger partial charge in [-0.3, -0.25) is 24.3 Å². The van der Waals surface area contributed by atoms with E-state index in [9.17, 15) is 22.8 Å². The Bertz CT molecular complexity index is 1050. The summed E-state index contributed by atoms with van der Waals surface area (Å²) in [5.41, 5.74) is 3.66. The van der Waals surface area contributed by atoms with Crippen LogP contribution in [0.25, 0.3) is 11.1 Å². The first-order chi connectivity index (χ1) is 15.1. The molecule has 0 aliphatic carbocycles. The van der Waals surface area contributed by atoms with E-state index < -0.39 is 33.8 Å². The Hall–Kier alpha value is -3.44. The van der Waals surface area contributed by atoms with Gasteiger partial charge in [-0.15, -0.1) is 0 Å². The van der Waals surface area contributed by atoms with Crippen molar-refractivity contribution in [2.24, 2.45) is 0 Å². The lowest BCUT2D eigenvalue weighted by molar-refractivity contribution is -0.140. The van der Waals surface area contributed by atoms with E-state index in [0.29, 0.717) is 12.1 Å². The molecule has 2 aromatic carbocycles. The van der Waals surface area contributed by atoms with Crippen molar-refractivity contribution in [3.63, 3.8) is 0 Å². The lowest BCUT2D eigenvalue weighted by atomic mass is 10.0. The van der Waals surface area contributed by atoms with E-state index in [4.69, 9.17) is 5.21 Å². The Balaban J connectivity index is 2.18. The van der Waals surface area contributed by atoms with Crippen LogP contribution in [-0.4, -0.2) is 62.1 Å². The maximum atomic E-state index is 12.7. The van der Waals surface area contributed by atoms with Crippen molar-refractivity contribution in [2.45, 2.75) is 19.4 Å². The van der Waals surface area contributed by atoms with Crippen molar-refractivity contribution < 1.29 is 28.0 Å². The topological polar surface area (TPSA) is 145 Å². The summed E-state index contributed by atoms with van der Waals surface area (Å²) in [4.78, 5) is 37.4. The summed E-state index contributed by atoms with van der Waals surface area (Å²) in [6.07, 6.45) is 0.516. The van der Waals surface area contributed by atoms with Crippen molar-refractivity contribution in [3.8, 4) is 11.1 Å². The van der Waals surface area contributed by atoms with E-state index in [2.05, 4.69) is 10.0 Å². The zero-order valence-electron chi connectivity index (χ0n) is 18.0. The van der Waals surface area contributed by atoms with Crippen molar-refractivity contribution in [1.82, 2.24) is 15.7 Å². The number of benzene rings is 2. The van der Waals surface area contributed by atoms with Crippen LogP contribution in [0, 0.1) is 0 Å². The first-order valence-electron chi connectivity index (χ1n) is 9.77. The van der Waals surface area contributed by atoms with Gasteiger partial charge in [-0.05, 0) is 41.8 Å². The van der Waals surface area contributed by atoms with Crippen LogP contribution in [0.15, 0.2) is 48.5 Å². The quantitative estimate of drug-likeness (QED) is 0.250. The maximum Gasteiger partial charge on any atom is 0.275 e. The van der Waals surface area contributed by atoms with Gasteiger partial charge in [0.1, 0.15) is 0 Å². The summed E-state index contributed by atoms with van der Waals surface area (Å²) in [6.45, 7) is 1.79. The summed E-state index contributed by atoms with van der Waals surface area (Å²) >= 11 is 0. The molecule has 0 spiro atoms. The third-order valence-electron chi connectivity index (χ3n) is 4.66. The van der Waals surface area contributed by atoms with E-state index in [1.54, 1.807) is 55.5 Å². The van der Waals surface area contributed by atoms with Crippen LogP contribution in [0.1, 0.15) is 23.7 Å². The predicted molar refractivity (Wildman–Crippen MR) is 119 cm³/mol. The number of hydroxylamine groups is 1. The molecule has 0 aliphatic rings. The van der Waals surface area contributed by atoms with Gasteiger partial charge in [0.15, 0.2) is 6.04 Å². The molecule has 32 heavy (non-hydrogen) atoms. The number of rotatable bonds is 9. The molecule has 1 atom stereocenters. The monoisotopic (exact) mass is 462 g/mol. The average molecular weight is 463 g/mol. The van der Waals surface area contributed by atoms with Crippen molar-refractivity contribution in [3.05, 3.63) is 54.1 Å². The highest BCUT2D eigenvalue weighted by Gasteiger charge is 2.33. The molecule has 0 aromatic heterocycles. The molecule has 3 amide bonds. The second kappa shape index (κ2) is 10.7. The van der Waals surface area contributed by atoms with Crippen LogP contribution >= 0.6 is 0 Å². The number of carbonyl (C=O) groups is 3. The summed E-state index contributed by atoms with van der Waals surface area (Å²) < 4.78 is 26.3. The molecular weight excluding hydrogens is 436 g/mol. The summed E-state index contributed by atoms with van der Waals surface area (Å²) in [5, 5.41) is 11.1. The predicted octanol–water partition coefficient (Wildman–Crippen LogP) is 1.20. The van der Waals surface area contributed by atoms with Crippen molar-refractivity contribution in [1.29, 1.82) is 0 Å². The number of likely N-dealkylation sites (N-methyl/N-ethyl adjacent to an activating group) is 2. The molecule has 0 saturated carbocycles. The van der Waals surface area contributed by atoms with Crippen molar-refractivity contribution >= 4 is 33.4 Å². The third kappa shape index (κ3) is 6.05. The molecule has 0 fully saturated rings. The lowest BCUT2D eigenvalue weighted by Gasteiger charge is -2.25. The molecule has 11 heteroatoms. The summed E-state index contributed by atoms with van der Waals surface area (Å²) in [5.74, 6) is -2.33. The fraction of sp³-hybridized carbons (Fsp3) is 0.286. The van der Waals surface area contributed by atoms with Gasteiger partial charge in [0.05, 0.1) is 5.75 Å². The van der Waals surface area contributed by atoms with Crippen LogP contribution in [0.4, 0.5) is 5.69 Å². The van der Waals surface area contributed by atoms with Crippen LogP contribution in [0.2, 0.25) is 0 Å². The van der Waals surface area contributed by atoms with E-state index in [-0.39, 0.29) is 11.3 Å². The average Bonchev–Trinajstić information content (AvgIpc) is 2.78.